The number of thiophene rings is 1. The smallest absolute Gasteiger partial charge is 0.225 e. The Labute approximate surface area is 141 Å². The summed E-state index contributed by atoms with van der Waals surface area (Å²) < 4.78 is 6.27. The van der Waals surface area contributed by atoms with Crippen molar-refractivity contribution in [3.8, 4) is 5.88 Å². The quantitative estimate of drug-likeness (QED) is 0.929. The first-order chi connectivity index (χ1) is 10.3. The van der Waals surface area contributed by atoms with Gasteiger partial charge in [0.05, 0.1) is 5.39 Å². The van der Waals surface area contributed by atoms with E-state index in [4.69, 9.17) is 4.74 Å². The van der Waals surface area contributed by atoms with E-state index in [9.17, 15) is 0 Å². The first-order valence-corrected chi connectivity index (χ1v) is 8.76. The fourth-order valence-electron chi connectivity index (χ4n) is 3.62. The predicted octanol–water partition coefficient (Wildman–Crippen LogP) is 3.51. The average Bonchev–Trinajstić information content (AvgIpc) is 3.09. The summed E-state index contributed by atoms with van der Waals surface area (Å²) in [5, 5.41) is 4.57. The monoisotopic (exact) mass is 339 g/mol. The van der Waals surface area contributed by atoms with E-state index < -0.39 is 0 Å². The Morgan fingerprint density at radius 3 is 2.77 bits per heavy atom. The number of nitrogens with zero attached hydrogens (tertiary/aromatic N) is 2. The number of aromatic nitrogens is 2. The molecule has 0 atom stereocenters. The van der Waals surface area contributed by atoms with E-state index in [1.165, 1.54) is 41.5 Å². The van der Waals surface area contributed by atoms with Crippen LogP contribution in [0.3, 0.4) is 0 Å². The summed E-state index contributed by atoms with van der Waals surface area (Å²) in [6.45, 7) is 0. The van der Waals surface area contributed by atoms with Crippen molar-refractivity contribution in [2.45, 2.75) is 57.1 Å². The lowest BCUT2D eigenvalue weighted by Gasteiger charge is -2.28. The number of aryl methyl sites for hydroxylation is 2. The second kappa shape index (κ2) is 6.69. The van der Waals surface area contributed by atoms with Crippen LogP contribution in [0.25, 0.3) is 10.2 Å². The minimum absolute atomic E-state index is 0. The highest BCUT2D eigenvalue weighted by atomic mass is 35.5. The van der Waals surface area contributed by atoms with Crippen LogP contribution in [0, 0.1) is 0 Å². The van der Waals surface area contributed by atoms with Gasteiger partial charge in [-0.1, -0.05) is 0 Å². The van der Waals surface area contributed by atoms with Crippen LogP contribution in [0.4, 0.5) is 0 Å². The zero-order valence-corrected chi connectivity index (χ0v) is 14.4. The molecule has 1 fully saturated rings. The van der Waals surface area contributed by atoms with Gasteiger partial charge in [0.1, 0.15) is 17.3 Å². The average molecular weight is 340 g/mol. The SMILES string of the molecule is CN[C@H]1CC[C@H](Oc2ncnc3sc4c(c23)CCC4)CC1.Cl. The molecule has 120 valence electrons. The number of nitrogens with one attached hydrogen (secondary N) is 1. The van der Waals surface area contributed by atoms with E-state index in [1.807, 2.05) is 11.3 Å². The molecule has 0 aromatic carbocycles. The molecule has 0 spiro atoms. The standard InChI is InChI=1S/C16H21N3OS.ClH/c1-17-10-5-7-11(8-6-10)20-15-14-12-3-2-4-13(12)21-16(14)19-9-18-15;/h9-11,17H,2-8H2,1H3;1H/t10-,11-;. The minimum atomic E-state index is 0. The van der Waals surface area contributed by atoms with E-state index in [0.717, 1.165) is 30.0 Å². The summed E-state index contributed by atoms with van der Waals surface area (Å²) in [7, 11) is 2.05. The van der Waals surface area contributed by atoms with Crippen LogP contribution in [0.2, 0.25) is 0 Å². The van der Waals surface area contributed by atoms with Crippen molar-refractivity contribution < 1.29 is 4.74 Å². The third kappa shape index (κ3) is 2.82. The molecule has 2 aliphatic carbocycles. The molecule has 0 aliphatic heterocycles. The molecule has 2 aromatic rings. The van der Waals surface area contributed by atoms with Crippen LogP contribution in [0.1, 0.15) is 42.5 Å². The molecule has 2 heterocycles. The van der Waals surface area contributed by atoms with Crippen molar-refractivity contribution in [3.05, 3.63) is 16.8 Å². The van der Waals surface area contributed by atoms with Gasteiger partial charge in [0.2, 0.25) is 5.88 Å². The number of halogens is 1. The molecule has 2 aliphatic rings. The lowest BCUT2D eigenvalue weighted by atomic mass is 9.93. The zero-order valence-electron chi connectivity index (χ0n) is 12.8. The van der Waals surface area contributed by atoms with Crippen molar-refractivity contribution in [3.63, 3.8) is 0 Å². The molecule has 22 heavy (non-hydrogen) atoms. The highest BCUT2D eigenvalue weighted by molar-refractivity contribution is 7.18. The summed E-state index contributed by atoms with van der Waals surface area (Å²) in [6, 6.07) is 0.653. The van der Waals surface area contributed by atoms with Crippen LogP contribution in [-0.4, -0.2) is 29.2 Å². The van der Waals surface area contributed by atoms with Gasteiger partial charge in [0.15, 0.2) is 0 Å². The summed E-state index contributed by atoms with van der Waals surface area (Å²) in [4.78, 5) is 11.5. The first-order valence-electron chi connectivity index (χ1n) is 7.94. The van der Waals surface area contributed by atoms with Gasteiger partial charge >= 0.3 is 0 Å². The van der Waals surface area contributed by atoms with E-state index in [1.54, 1.807) is 6.33 Å². The first kappa shape index (κ1) is 16.0. The topological polar surface area (TPSA) is 47.0 Å². The second-order valence-corrected chi connectivity index (χ2v) is 7.18. The molecule has 4 nitrogen and oxygen atoms in total. The van der Waals surface area contributed by atoms with E-state index in [2.05, 4.69) is 22.3 Å². The van der Waals surface area contributed by atoms with Gasteiger partial charge in [0, 0.05) is 10.9 Å². The molecule has 0 saturated heterocycles. The molecule has 0 amide bonds. The van der Waals surface area contributed by atoms with Gasteiger partial charge in [-0.3, -0.25) is 0 Å². The Hall–Kier alpha value is -0.910. The van der Waals surface area contributed by atoms with Crippen LogP contribution < -0.4 is 10.1 Å². The molecule has 1 saturated carbocycles. The van der Waals surface area contributed by atoms with Crippen LogP contribution in [0.5, 0.6) is 5.88 Å². The van der Waals surface area contributed by atoms with Crippen molar-refractivity contribution in [2.24, 2.45) is 0 Å². The van der Waals surface area contributed by atoms with Crippen LogP contribution in [-0.2, 0) is 12.8 Å². The van der Waals surface area contributed by atoms with E-state index in [-0.39, 0.29) is 12.4 Å². The molecule has 0 bridgehead atoms. The Morgan fingerprint density at radius 2 is 2.00 bits per heavy atom. The number of ether oxygens (including phenoxy) is 1. The van der Waals surface area contributed by atoms with Crippen molar-refractivity contribution in [1.82, 2.24) is 15.3 Å². The third-order valence-electron chi connectivity index (χ3n) is 4.83. The number of hydrogen-bond donors (Lipinski definition) is 1. The molecule has 2 aromatic heterocycles. The lowest BCUT2D eigenvalue weighted by molar-refractivity contribution is 0.138. The number of rotatable bonds is 3. The van der Waals surface area contributed by atoms with Crippen LogP contribution >= 0.6 is 23.7 Å². The van der Waals surface area contributed by atoms with E-state index in [0.29, 0.717) is 12.1 Å². The Kier molecular flexibility index (Phi) is 4.85. The summed E-state index contributed by atoms with van der Waals surface area (Å²) in [5.41, 5.74) is 1.45. The minimum Gasteiger partial charge on any atom is -0.474 e. The van der Waals surface area contributed by atoms with Gasteiger partial charge in [-0.25, -0.2) is 9.97 Å². The van der Waals surface area contributed by atoms with Gasteiger partial charge in [-0.2, -0.15) is 0 Å². The molecular weight excluding hydrogens is 318 g/mol. The molecule has 4 rings (SSSR count). The second-order valence-electron chi connectivity index (χ2n) is 6.10. The maximum absolute atomic E-state index is 6.27. The molecule has 1 N–H and O–H groups in total. The predicted molar refractivity (Wildman–Crippen MR) is 92.4 cm³/mol. The van der Waals surface area contributed by atoms with Crippen LogP contribution in [0.15, 0.2) is 6.33 Å². The maximum atomic E-state index is 6.27. The maximum Gasteiger partial charge on any atom is 0.225 e. The molecule has 6 heteroatoms. The third-order valence-corrected chi connectivity index (χ3v) is 6.03. The number of hydrogen-bond acceptors (Lipinski definition) is 5. The Balaban J connectivity index is 0.00000144. The lowest BCUT2D eigenvalue weighted by Crippen LogP contribution is -2.34. The highest BCUT2D eigenvalue weighted by Crippen LogP contribution is 2.40. The largest absolute Gasteiger partial charge is 0.474 e. The van der Waals surface area contributed by atoms with Crippen molar-refractivity contribution in [1.29, 1.82) is 0 Å². The fraction of sp³-hybridized carbons (Fsp3) is 0.625. The zero-order chi connectivity index (χ0) is 14.2. The molecule has 0 unspecified atom stereocenters. The fourth-order valence-corrected chi connectivity index (χ4v) is 4.84. The summed E-state index contributed by atoms with van der Waals surface area (Å²) >= 11 is 1.83. The summed E-state index contributed by atoms with van der Waals surface area (Å²) in [5.74, 6) is 0.826. The van der Waals surface area contributed by atoms with Gasteiger partial charge in [0.25, 0.3) is 0 Å². The van der Waals surface area contributed by atoms with Gasteiger partial charge < -0.3 is 10.1 Å². The van der Waals surface area contributed by atoms with Crippen molar-refractivity contribution in [2.75, 3.05) is 7.05 Å². The Morgan fingerprint density at radius 1 is 1.18 bits per heavy atom. The van der Waals surface area contributed by atoms with Gasteiger partial charge in [-0.05, 0) is 57.6 Å². The van der Waals surface area contributed by atoms with E-state index >= 15 is 0 Å². The van der Waals surface area contributed by atoms with Gasteiger partial charge in [-0.15, -0.1) is 23.7 Å². The molecular formula is C16H22ClN3OS. The normalized spacial score (nSPS) is 24.0. The summed E-state index contributed by atoms with van der Waals surface area (Å²) in [6.07, 6.45) is 10.2. The Bertz CT molecular complexity index is 652. The number of fused-ring (bicyclic) bond motifs is 3. The molecule has 0 radical (unpaired) electrons. The highest BCUT2D eigenvalue weighted by Gasteiger charge is 2.25. The van der Waals surface area contributed by atoms with Crippen molar-refractivity contribution >= 4 is 34.0 Å².